The Balaban J connectivity index is 1.99. The quantitative estimate of drug-likeness (QED) is 0.725. The van der Waals surface area contributed by atoms with Gasteiger partial charge in [-0.2, -0.15) is 13.8 Å². The third-order valence-corrected chi connectivity index (χ3v) is 6.13. The van der Waals surface area contributed by atoms with E-state index in [1.807, 2.05) is 13.1 Å². The summed E-state index contributed by atoms with van der Waals surface area (Å²) in [5.41, 5.74) is -0.159. The third-order valence-electron chi connectivity index (χ3n) is 4.98. The summed E-state index contributed by atoms with van der Waals surface area (Å²) < 4.78 is 32.4. The molecule has 3 rings (SSSR count). The van der Waals surface area contributed by atoms with Crippen LogP contribution in [0.2, 0.25) is 0 Å². The van der Waals surface area contributed by atoms with Crippen LogP contribution in [0.1, 0.15) is 33.6 Å². The van der Waals surface area contributed by atoms with E-state index < -0.39 is 17.4 Å². The van der Waals surface area contributed by atoms with Crippen molar-refractivity contribution in [3.8, 4) is 0 Å². The highest BCUT2D eigenvalue weighted by Crippen LogP contribution is 2.49. The molecule has 1 aromatic rings. The molecule has 1 aliphatic carbocycles. The van der Waals surface area contributed by atoms with Gasteiger partial charge in [0.15, 0.2) is 5.50 Å². The molecule has 5 nitrogen and oxygen atoms in total. The number of aromatic nitrogens is 1. The average molecular weight is 383 g/mol. The van der Waals surface area contributed by atoms with E-state index in [-0.39, 0.29) is 29.7 Å². The summed E-state index contributed by atoms with van der Waals surface area (Å²) in [7, 11) is 1.42. The summed E-state index contributed by atoms with van der Waals surface area (Å²) in [4.78, 5) is 20.5. The summed E-state index contributed by atoms with van der Waals surface area (Å²) in [5, 5.41) is 0. The lowest BCUT2D eigenvalue weighted by Gasteiger charge is -2.52. The van der Waals surface area contributed by atoms with Gasteiger partial charge in [-0.25, -0.2) is 0 Å². The van der Waals surface area contributed by atoms with Crippen molar-refractivity contribution in [1.29, 1.82) is 0 Å². The van der Waals surface area contributed by atoms with E-state index in [9.17, 15) is 13.6 Å². The van der Waals surface area contributed by atoms with Crippen molar-refractivity contribution in [2.45, 2.75) is 45.2 Å². The van der Waals surface area contributed by atoms with Crippen LogP contribution in [-0.4, -0.2) is 41.0 Å². The molecular formula is C18H23F2N3O2S. The van der Waals surface area contributed by atoms with Gasteiger partial charge in [-0.05, 0) is 25.2 Å². The first-order valence-electron chi connectivity index (χ1n) is 8.49. The van der Waals surface area contributed by atoms with Crippen molar-refractivity contribution in [3.63, 3.8) is 0 Å². The number of hydrogen-bond donors (Lipinski definition) is 0. The van der Waals surface area contributed by atoms with Crippen LogP contribution in [0.3, 0.4) is 0 Å². The average Bonchev–Trinajstić information content (AvgIpc) is 2.86. The Morgan fingerprint density at radius 2 is 2.08 bits per heavy atom. The standard InChI is InChI=1S/C18H23F2N3O2S/c1-11-9-22(13-5-6-18(13,2)3)17(26-11)23(16(24)10-25-4)12-7-14(19)21-15(20)8-12/h7-9,13,17H,5-6,10H2,1-4H3. The molecule has 2 aliphatic rings. The third kappa shape index (κ3) is 3.57. The van der Waals surface area contributed by atoms with Crippen LogP contribution >= 0.6 is 11.8 Å². The van der Waals surface area contributed by atoms with E-state index in [1.165, 1.54) is 23.8 Å². The van der Waals surface area contributed by atoms with E-state index in [1.54, 1.807) is 0 Å². The van der Waals surface area contributed by atoms with Crippen molar-refractivity contribution < 1.29 is 18.3 Å². The van der Waals surface area contributed by atoms with Gasteiger partial charge in [-0.15, -0.1) is 0 Å². The van der Waals surface area contributed by atoms with Gasteiger partial charge in [-0.3, -0.25) is 9.69 Å². The summed E-state index contributed by atoms with van der Waals surface area (Å²) in [6.07, 6.45) is 4.14. The maximum Gasteiger partial charge on any atom is 0.255 e. The van der Waals surface area contributed by atoms with Gasteiger partial charge in [0.1, 0.15) is 6.61 Å². The highest BCUT2D eigenvalue weighted by Gasteiger charge is 2.47. The molecule has 2 atom stereocenters. The first kappa shape index (κ1) is 19.1. The fraction of sp³-hybridized carbons (Fsp3) is 0.556. The first-order chi connectivity index (χ1) is 12.2. The Labute approximate surface area is 156 Å². The largest absolute Gasteiger partial charge is 0.375 e. The first-order valence-corrected chi connectivity index (χ1v) is 9.37. The van der Waals surface area contributed by atoms with Gasteiger partial charge in [0, 0.05) is 36.4 Å². The highest BCUT2D eigenvalue weighted by molar-refractivity contribution is 8.03. The highest BCUT2D eigenvalue weighted by atomic mass is 32.2. The predicted molar refractivity (Wildman–Crippen MR) is 97.3 cm³/mol. The molecule has 1 aromatic heterocycles. The Hall–Kier alpha value is -1.67. The summed E-state index contributed by atoms with van der Waals surface area (Å²) in [5.74, 6) is -2.28. The normalized spacial score (nSPS) is 24.2. The molecule has 0 saturated heterocycles. The molecule has 0 aromatic carbocycles. The van der Waals surface area contributed by atoms with Crippen molar-refractivity contribution in [1.82, 2.24) is 9.88 Å². The van der Waals surface area contributed by atoms with Crippen molar-refractivity contribution >= 4 is 23.4 Å². The van der Waals surface area contributed by atoms with Crippen LogP contribution < -0.4 is 4.90 Å². The molecule has 1 fully saturated rings. The zero-order chi connectivity index (χ0) is 19.1. The lowest BCUT2D eigenvalue weighted by Crippen LogP contribution is -2.57. The molecule has 142 valence electrons. The SMILES string of the molecule is COCC(=O)N(c1cc(F)nc(F)c1)C1SC(C)=CN1C1CCC1(C)C. The van der Waals surface area contributed by atoms with Gasteiger partial charge >= 0.3 is 0 Å². The number of ether oxygens (including phenoxy) is 1. The van der Waals surface area contributed by atoms with Crippen LogP contribution in [0.4, 0.5) is 14.5 Å². The monoisotopic (exact) mass is 383 g/mol. The van der Waals surface area contributed by atoms with Crippen LogP contribution in [0.25, 0.3) is 0 Å². The van der Waals surface area contributed by atoms with E-state index in [0.717, 1.165) is 29.9 Å². The molecule has 0 radical (unpaired) electrons. The fourth-order valence-corrected chi connectivity index (χ4v) is 4.73. The molecule has 0 N–H and O–H groups in total. The number of anilines is 1. The summed E-state index contributed by atoms with van der Waals surface area (Å²) >= 11 is 1.49. The second-order valence-corrected chi connectivity index (χ2v) is 8.64. The number of rotatable bonds is 5. The molecule has 8 heteroatoms. The second kappa shape index (κ2) is 7.15. The van der Waals surface area contributed by atoms with Gasteiger partial charge in [0.2, 0.25) is 11.9 Å². The Kier molecular flexibility index (Phi) is 5.25. The second-order valence-electron chi connectivity index (χ2n) is 7.34. The Morgan fingerprint density at radius 1 is 1.42 bits per heavy atom. The summed E-state index contributed by atoms with van der Waals surface area (Å²) in [6, 6.07) is 2.41. The van der Waals surface area contributed by atoms with Gasteiger partial charge < -0.3 is 9.64 Å². The maximum absolute atomic E-state index is 13.7. The van der Waals surface area contributed by atoms with Crippen LogP contribution in [-0.2, 0) is 9.53 Å². The maximum atomic E-state index is 13.7. The van der Waals surface area contributed by atoms with E-state index in [0.29, 0.717) is 0 Å². The zero-order valence-corrected chi connectivity index (χ0v) is 16.1. The predicted octanol–water partition coefficient (Wildman–Crippen LogP) is 3.72. The van der Waals surface area contributed by atoms with Crippen LogP contribution in [0.5, 0.6) is 0 Å². The molecule has 2 unspecified atom stereocenters. The molecule has 1 saturated carbocycles. The lowest BCUT2D eigenvalue weighted by atomic mass is 9.66. The van der Waals surface area contributed by atoms with Gasteiger partial charge in [0.25, 0.3) is 5.91 Å². The molecule has 26 heavy (non-hydrogen) atoms. The number of nitrogens with zero attached hydrogens (tertiary/aromatic N) is 3. The van der Waals surface area contributed by atoms with Crippen molar-refractivity contribution in [2.24, 2.45) is 5.41 Å². The van der Waals surface area contributed by atoms with E-state index in [2.05, 4.69) is 23.7 Å². The van der Waals surface area contributed by atoms with Crippen LogP contribution in [0, 0.1) is 17.3 Å². The Morgan fingerprint density at radius 3 is 2.58 bits per heavy atom. The molecule has 0 bridgehead atoms. The fourth-order valence-electron chi connectivity index (χ4n) is 3.54. The number of allylic oxidation sites excluding steroid dienone is 1. The number of thioether (sulfide) groups is 1. The number of halogens is 2. The van der Waals surface area contributed by atoms with Gasteiger partial charge in [0.05, 0.1) is 5.69 Å². The zero-order valence-electron chi connectivity index (χ0n) is 15.3. The topological polar surface area (TPSA) is 45.7 Å². The minimum absolute atomic E-state index is 0.116. The molecule has 1 amide bonds. The van der Waals surface area contributed by atoms with E-state index in [4.69, 9.17) is 4.74 Å². The number of carbonyl (C=O) groups excluding carboxylic acids is 1. The number of pyridine rings is 1. The van der Waals surface area contributed by atoms with Crippen molar-refractivity contribution in [3.05, 3.63) is 35.1 Å². The minimum atomic E-state index is -0.960. The number of amides is 1. The Bertz CT molecular complexity index is 721. The molecular weight excluding hydrogens is 360 g/mol. The lowest BCUT2D eigenvalue weighted by molar-refractivity contribution is -0.123. The number of carbonyl (C=O) groups is 1. The van der Waals surface area contributed by atoms with E-state index >= 15 is 0 Å². The van der Waals surface area contributed by atoms with Gasteiger partial charge in [-0.1, -0.05) is 25.6 Å². The number of hydrogen-bond acceptors (Lipinski definition) is 5. The molecule has 1 aliphatic heterocycles. The summed E-state index contributed by atoms with van der Waals surface area (Å²) in [6.45, 7) is 6.18. The molecule has 0 spiro atoms. The van der Waals surface area contributed by atoms with Crippen molar-refractivity contribution in [2.75, 3.05) is 18.6 Å². The minimum Gasteiger partial charge on any atom is -0.375 e. The number of methoxy groups -OCH3 is 1. The molecule has 2 heterocycles. The smallest absolute Gasteiger partial charge is 0.255 e. The van der Waals surface area contributed by atoms with Crippen LogP contribution in [0.15, 0.2) is 23.2 Å².